The van der Waals surface area contributed by atoms with E-state index in [9.17, 15) is 9.59 Å². The summed E-state index contributed by atoms with van der Waals surface area (Å²) in [5.41, 5.74) is 0.0912. The second kappa shape index (κ2) is 12.2. The van der Waals surface area contributed by atoms with Crippen molar-refractivity contribution in [3.8, 4) is 0 Å². The molecule has 20 heavy (non-hydrogen) atoms. The zero-order valence-corrected chi connectivity index (χ0v) is 12.0. The Balaban J connectivity index is 4.04. The minimum atomic E-state index is -1.10. The fraction of sp³-hybridized carbons (Fsp3) is 0.500. The molecule has 0 saturated carbocycles. The van der Waals surface area contributed by atoms with Crippen molar-refractivity contribution in [1.82, 2.24) is 0 Å². The average Bonchev–Trinajstić information content (AvgIpc) is 2.39. The third kappa shape index (κ3) is 11.3. The maximum atomic E-state index is 10.9. The van der Waals surface area contributed by atoms with Crippen molar-refractivity contribution in [2.45, 2.75) is 51.9 Å². The van der Waals surface area contributed by atoms with Gasteiger partial charge in [-0.3, -0.25) is 0 Å². The van der Waals surface area contributed by atoms with Crippen LogP contribution in [0.25, 0.3) is 0 Å². The molecule has 0 fully saturated rings. The van der Waals surface area contributed by atoms with E-state index >= 15 is 0 Å². The van der Waals surface area contributed by atoms with Crippen LogP contribution in [-0.4, -0.2) is 22.2 Å². The summed E-state index contributed by atoms with van der Waals surface area (Å²) in [5.74, 6) is -2.15. The van der Waals surface area contributed by atoms with Gasteiger partial charge in [0.1, 0.15) is 0 Å². The number of unbranched alkanes of at least 4 members (excludes halogenated alkanes) is 6. The van der Waals surface area contributed by atoms with Gasteiger partial charge in [0.25, 0.3) is 0 Å². The second-order valence-electron chi connectivity index (χ2n) is 4.58. The minimum Gasteiger partial charge on any atom is -0.478 e. The van der Waals surface area contributed by atoms with Crippen LogP contribution >= 0.6 is 0 Å². The predicted molar refractivity (Wildman–Crippen MR) is 79.6 cm³/mol. The molecule has 0 amide bonds. The Bertz CT molecular complexity index is 378. The lowest BCUT2D eigenvalue weighted by Crippen LogP contribution is -1.97. The number of carbonyl (C=O) groups is 2. The molecular formula is C16H24O4. The number of allylic oxidation sites excluding steroid dienone is 3. The van der Waals surface area contributed by atoms with Gasteiger partial charge >= 0.3 is 11.9 Å². The minimum absolute atomic E-state index is 0.0912. The van der Waals surface area contributed by atoms with Crippen molar-refractivity contribution in [1.29, 1.82) is 0 Å². The highest BCUT2D eigenvalue weighted by Crippen LogP contribution is 2.08. The highest BCUT2D eigenvalue weighted by atomic mass is 16.4. The molecule has 0 saturated heterocycles. The molecule has 0 bridgehead atoms. The highest BCUT2D eigenvalue weighted by molar-refractivity contribution is 5.90. The Morgan fingerprint density at radius 1 is 0.950 bits per heavy atom. The van der Waals surface area contributed by atoms with Gasteiger partial charge in [0.15, 0.2) is 0 Å². The van der Waals surface area contributed by atoms with Crippen molar-refractivity contribution < 1.29 is 19.8 Å². The van der Waals surface area contributed by atoms with E-state index in [1.807, 2.05) is 6.08 Å². The molecule has 0 rings (SSSR count). The molecule has 2 N–H and O–H groups in total. The van der Waals surface area contributed by atoms with Crippen LogP contribution in [0.1, 0.15) is 51.9 Å². The van der Waals surface area contributed by atoms with Crippen molar-refractivity contribution in [2.75, 3.05) is 0 Å². The molecule has 0 radical (unpaired) electrons. The second-order valence-corrected chi connectivity index (χ2v) is 4.58. The molecule has 4 heteroatoms. The molecule has 0 aromatic rings. The third-order valence-electron chi connectivity index (χ3n) is 2.78. The summed E-state index contributed by atoms with van der Waals surface area (Å²) in [5, 5.41) is 17.4. The predicted octanol–water partition coefficient (Wildman–Crippen LogP) is 3.95. The lowest BCUT2D eigenvalue weighted by Gasteiger charge is -1.98. The Labute approximate surface area is 120 Å². The molecule has 0 atom stereocenters. The first-order chi connectivity index (χ1) is 9.57. The number of hydrogen-bond acceptors (Lipinski definition) is 2. The van der Waals surface area contributed by atoms with E-state index in [0.717, 1.165) is 25.3 Å². The monoisotopic (exact) mass is 280 g/mol. The summed E-state index contributed by atoms with van der Waals surface area (Å²) in [6.07, 6.45) is 14.8. The molecule has 0 aliphatic carbocycles. The van der Waals surface area contributed by atoms with Crippen molar-refractivity contribution >= 4 is 11.9 Å². The van der Waals surface area contributed by atoms with E-state index in [1.54, 1.807) is 0 Å². The zero-order valence-electron chi connectivity index (χ0n) is 12.0. The van der Waals surface area contributed by atoms with E-state index in [0.29, 0.717) is 0 Å². The van der Waals surface area contributed by atoms with Crippen LogP contribution < -0.4 is 0 Å². The van der Waals surface area contributed by atoms with Gasteiger partial charge in [0.05, 0.1) is 5.57 Å². The van der Waals surface area contributed by atoms with Crippen LogP contribution in [0.5, 0.6) is 0 Å². The van der Waals surface area contributed by atoms with Crippen LogP contribution in [0, 0.1) is 0 Å². The molecule has 0 aromatic heterocycles. The van der Waals surface area contributed by atoms with Crippen molar-refractivity contribution in [3.05, 3.63) is 36.0 Å². The first-order valence-electron chi connectivity index (χ1n) is 7.09. The molecule has 112 valence electrons. The highest BCUT2D eigenvalue weighted by Gasteiger charge is 2.00. The first kappa shape index (κ1) is 18.2. The number of carboxylic acid groups (broad SMARTS) is 2. The smallest absolute Gasteiger partial charge is 0.335 e. The molecule has 0 aliphatic heterocycles. The van der Waals surface area contributed by atoms with Gasteiger partial charge in [-0.1, -0.05) is 57.3 Å². The zero-order chi connectivity index (χ0) is 15.2. The van der Waals surface area contributed by atoms with E-state index in [2.05, 4.69) is 6.92 Å². The van der Waals surface area contributed by atoms with Crippen LogP contribution in [0.2, 0.25) is 0 Å². The summed E-state index contributed by atoms with van der Waals surface area (Å²) in [6.45, 7) is 2.18. The van der Waals surface area contributed by atoms with E-state index < -0.39 is 11.9 Å². The number of hydrogen-bond donors (Lipinski definition) is 2. The largest absolute Gasteiger partial charge is 0.478 e. The topological polar surface area (TPSA) is 74.6 Å². The number of aliphatic carboxylic acids is 2. The van der Waals surface area contributed by atoms with Gasteiger partial charge in [0.2, 0.25) is 0 Å². The summed E-state index contributed by atoms with van der Waals surface area (Å²) in [4.78, 5) is 21.2. The quantitative estimate of drug-likeness (QED) is 0.341. The molecule has 4 nitrogen and oxygen atoms in total. The number of rotatable bonds is 11. The SMILES string of the molecule is CCCCCCCC/C=C/C(=C\C=C\C(=O)O)C(=O)O. The van der Waals surface area contributed by atoms with Gasteiger partial charge in [-0.05, 0) is 18.9 Å². The Morgan fingerprint density at radius 2 is 1.60 bits per heavy atom. The number of carboxylic acids is 2. The Kier molecular flexibility index (Phi) is 11.1. The summed E-state index contributed by atoms with van der Waals surface area (Å²) < 4.78 is 0. The molecule has 0 aromatic carbocycles. The Morgan fingerprint density at radius 3 is 2.20 bits per heavy atom. The van der Waals surface area contributed by atoms with Crippen molar-refractivity contribution in [2.24, 2.45) is 0 Å². The summed E-state index contributed by atoms with van der Waals surface area (Å²) >= 11 is 0. The molecule has 0 heterocycles. The normalized spacial score (nSPS) is 12.3. The van der Waals surface area contributed by atoms with Gasteiger partial charge in [-0.25, -0.2) is 9.59 Å². The van der Waals surface area contributed by atoms with Crippen LogP contribution in [-0.2, 0) is 9.59 Å². The maximum Gasteiger partial charge on any atom is 0.335 e. The molecule has 0 aliphatic rings. The summed E-state index contributed by atoms with van der Waals surface area (Å²) in [7, 11) is 0. The van der Waals surface area contributed by atoms with Gasteiger partial charge < -0.3 is 10.2 Å². The summed E-state index contributed by atoms with van der Waals surface area (Å²) in [6, 6.07) is 0. The molecular weight excluding hydrogens is 256 g/mol. The van der Waals surface area contributed by atoms with E-state index in [1.165, 1.54) is 43.9 Å². The fourth-order valence-electron chi connectivity index (χ4n) is 1.69. The van der Waals surface area contributed by atoms with E-state index in [-0.39, 0.29) is 5.57 Å². The first-order valence-corrected chi connectivity index (χ1v) is 7.09. The van der Waals surface area contributed by atoms with Crippen LogP contribution in [0.3, 0.4) is 0 Å². The standard InChI is InChI=1S/C16H24O4/c1-2-3-4-5-6-7-8-9-11-14(16(19)20)12-10-13-15(17)18/h9-13H,2-8H2,1H3,(H,17,18)(H,19,20)/b11-9+,13-10+,14-12+. The molecule has 0 spiro atoms. The fourth-order valence-corrected chi connectivity index (χ4v) is 1.69. The van der Waals surface area contributed by atoms with Gasteiger partial charge in [-0.2, -0.15) is 0 Å². The lowest BCUT2D eigenvalue weighted by atomic mass is 10.1. The Hall–Kier alpha value is -1.84. The van der Waals surface area contributed by atoms with E-state index in [4.69, 9.17) is 10.2 Å². The van der Waals surface area contributed by atoms with Gasteiger partial charge in [0, 0.05) is 6.08 Å². The third-order valence-corrected chi connectivity index (χ3v) is 2.78. The van der Waals surface area contributed by atoms with Crippen LogP contribution in [0.4, 0.5) is 0 Å². The maximum absolute atomic E-state index is 10.9. The van der Waals surface area contributed by atoms with Crippen LogP contribution in [0.15, 0.2) is 36.0 Å². The van der Waals surface area contributed by atoms with Crippen molar-refractivity contribution in [3.63, 3.8) is 0 Å². The lowest BCUT2D eigenvalue weighted by molar-refractivity contribution is -0.133. The van der Waals surface area contributed by atoms with Gasteiger partial charge in [-0.15, -0.1) is 0 Å². The average molecular weight is 280 g/mol. The molecule has 0 unspecified atom stereocenters.